The molecule has 0 heterocycles. The molecule has 1 saturated carbocycles. The Kier molecular flexibility index (Phi) is 5.76. The topological polar surface area (TPSA) is 58.4 Å². The van der Waals surface area contributed by atoms with E-state index in [-0.39, 0.29) is 11.9 Å². The van der Waals surface area contributed by atoms with Crippen LogP contribution in [-0.4, -0.2) is 37.0 Å². The average molecular weight is 289 g/mol. The van der Waals surface area contributed by atoms with Crippen molar-refractivity contribution in [1.82, 2.24) is 10.2 Å². The lowest BCUT2D eigenvalue weighted by atomic mass is 10.0. The first-order valence-corrected chi connectivity index (χ1v) is 8.00. The Morgan fingerprint density at radius 2 is 2.10 bits per heavy atom. The van der Waals surface area contributed by atoms with E-state index < -0.39 is 0 Å². The van der Waals surface area contributed by atoms with Crippen LogP contribution >= 0.6 is 0 Å². The van der Waals surface area contributed by atoms with Crippen molar-refractivity contribution < 1.29 is 4.79 Å². The van der Waals surface area contributed by atoms with Crippen molar-refractivity contribution in [2.45, 2.75) is 38.6 Å². The van der Waals surface area contributed by atoms with Crippen molar-refractivity contribution in [2.75, 3.05) is 26.2 Å². The van der Waals surface area contributed by atoms with E-state index in [1.165, 1.54) is 18.4 Å². The van der Waals surface area contributed by atoms with Crippen molar-refractivity contribution in [1.29, 1.82) is 0 Å². The molecule has 0 radical (unpaired) electrons. The average Bonchev–Trinajstić information content (AvgIpc) is 3.32. The van der Waals surface area contributed by atoms with Crippen LogP contribution in [0.25, 0.3) is 0 Å². The Morgan fingerprint density at radius 1 is 1.38 bits per heavy atom. The van der Waals surface area contributed by atoms with E-state index in [9.17, 15) is 4.79 Å². The van der Waals surface area contributed by atoms with Crippen LogP contribution in [0.4, 0.5) is 0 Å². The molecule has 2 rings (SSSR count). The van der Waals surface area contributed by atoms with E-state index >= 15 is 0 Å². The monoisotopic (exact) mass is 289 g/mol. The highest BCUT2D eigenvalue weighted by Gasteiger charge is 2.25. The Morgan fingerprint density at radius 3 is 2.67 bits per heavy atom. The number of likely N-dealkylation sites (N-methyl/N-ethyl adjacent to an activating group) is 1. The molecule has 0 saturated heterocycles. The molecule has 1 aromatic rings. The quantitative estimate of drug-likeness (QED) is 0.731. The SMILES string of the molecule is CCN(CC)CCNC(C(N)=O)c1cccc(C2CC2)c1. The molecule has 0 spiro atoms. The van der Waals surface area contributed by atoms with Gasteiger partial charge in [0.05, 0.1) is 0 Å². The predicted molar refractivity (Wildman–Crippen MR) is 86.1 cm³/mol. The molecule has 4 heteroatoms. The number of hydrogen-bond acceptors (Lipinski definition) is 3. The Bertz CT molecular complexity index is 467. The lowest BCUT2D eigenvalue weighted by Crippen LogP contribution is -2.38. The number of amides is 1. The highest BCUT2D eigenvalue weighted by Crippen LogP contribution is 2.40. The summed E-state index contributed by atoms with van der Waals surface area (Å²) >= 11 is 0. The molecule has 0 aromatic heterocycles. The van der Waals surface area contributed by atoms with E-state index in [0.717, 1.165) is 31.7 Å². The molecule has 1 unspecified atom stereocenters. The summed E-state index contributed by atoms with van der Waals surface area (Å²) < 4.78 is 0. The first-order valence-electron chi connectivity index (χ1n) is 8.00. The molecule has 21 heavy (non-hydrogen) atoms. The molecule has 1 aromatic carbocycles. The molecule has 0 aliphatic heterocycles. The number of carbonyl (C=O) groups excluding carboxylic acids is 1. The summed E-state index contributed by atoms with van der Waals surface area (Å²) in [5.41, 5.74) is 7.91. The van der Waals surface area contributed by atoms with Gasteiger partial charge in [-0.3, -0.25) is 4.79 Å². The van der Waals surface area contributed by atoms with Crippen LogP contribution in [0.3, 0.4) is 0 Å². The zero-order valence-corrected chi connectivity index (χ0v) is 13.1. The van der Waals surface area contributed by atoms with Crippen LogP contribution in [0.5, 0.6) is 0 Å². The lowest BCUT2D eigenvalue weighted by molar-refractivity contribution is -0.120. The van der Waals surface area contributed by atoms with Gasteiger partial charge in [-0.25, -0.2) is 0 Å². The van der Waals surface area contributed by atoms with Crippen LogP contribution < -0.4 is 11.1 Å². The van der Waals surface area contributed by atoms with Gasteiger partial charge >= 0.3 is 0 Å². The molecule has 1 aliphatic rings. The second kappa shape index (κ2) is 7.57. The molecular formula is C17H27N3O. The van der Waals surface area contributed by atoms with E-state index in [1.54, 1.807) is 0 Å². The zero-order valence-electron chi connectivity index (χ0n) is 13.1. The van der Waals surface area contributed by atoms with Crippen LogP contribution in [0.15, 0.2) is 24.3 Å². The fourth-order valence-corrected chi connectivity index (χ4v) is 2.70. The molecule has 4 nitrogen and oxygen atoms in total. The molecular weight excluding hydrogens is 262 g/mol. The number of rotatable bonds is 9. The summed E-state index contributed by atoms with van der Waals surface area (Å²) in [4.78, 5) is 14.1. The van der Waals surface area contributed by atoms with Crippen LogP contribution in [0, 0.1) is 0 Å². The summed E-state index contributed by atoms with van der Waals surface area (Å²) in [5.74, 6) is 0.386. The maximum Gasteiger partial charge on any atom is 0.239 e. The third-order valence-electron chi connectivity index (χ3n) is 4.25. The lowest BCUT2D eigenvalue weighted by Gasteiger charge is -2.21. The van der Waals surface area contributed by atoms with Gasteiger partial charge in [0, 0.05) is 13.1 Å². The Hall–Kier alpha value is -1.39. The first kappa shape index (κ1) is 16.0. The highest BCUT2D eigenvalue weighted by molar-refractivity contribution is 5.81. The molecule has 1 aliphatic carbocycles. The van der Waals surface area contributed by atoms with Crippen LogP contribution in [0.2, 0.25) is 0 Å². The van der Waals surface area contributed by atoms with E-state index in [1.807, 2.05) is 12.1 Å². The summed E-state index contributed by atoms with van der Waals surface area (Å²) in [6, 6.07) is 7.92. The Labute approximate surface area is 127 Å². The van der Waals surface area contributed by atoms with Gasteiger partial charge in [-0.1, -0.05) is 38.1 Å². The molecule has 0 bridgehead atoms. The van der Waals surface area contributed by atoms with Crippen LogP contribution in [-0.2, 0) is 4.79 Å². The normalized spacial score (nSPS) is 16.1. The maximum absolute atomic E-state index is 11.8. The zero-order chi connectivity index (χ0) is 15.2. The van der Waals surface area contributed by atoms with Gasteiger partial charge in [0.25, 0.3) is 0 Å². The van der Waals surface area contributed by atoms with Crippen molar-refractivity contribution in [3.8, 4) is 0 Å². The third-order valence-corrected chi connectivity index (χ3v) is 4.25. The van der Waals surface area contributed by atoms with Crippen molar-refractivity contribution in [2.24, 2.45) is 5.73 Å². The number of nitrogens with two attached hydrogens (primary N) is 1. The minimum absolute atomic E-state index is 0.303. The molecule has 1 atom stereocenters. The van der Waals surface area contributed by atoms with Gasteiger partial charge in [-0.15, -0.1) is 0 Å². The summed E-state index contributed by atoms with van der Waals surface area (Å²) in [6.07, 6.45) is 2.53. The fraction of sp³-hybridized carbons (Fsp3) is 0.588. The minimum atomic E-state index is -0.390. The smallest absolute Gasteiger partial charge is 0.239 e. The number of nitrogens with zero attached hydrogens (tertiary/aromatic N) is 1. The number of nitrogens with one attached hydrogen (secondary N) is 1. The van der Waals surface area contributed by atoms with Gasteiger partial charge in [0.2, 0.25) is 5.91 Å². The molecule has 1 amide bonds. The number of hydrogen-bond donors (Lipinski definition) is 2. The largest absolute Gasteiger partial charge is 0.368 e. The first-order chi connectivity index (χ1) is 10.2. The van der Waals surface area contributed by atoms with E-state index in [0.29, 0.717) is 5.92 Å². The van der Waals surface area contributed by atoms with E-state index in [2.05, 4.69) is 36.2 Å². The Balaban J connectivity index is 1.98. The van der Waals surface area contributed by atoms with Crippen molar-refractivity contribution >= 4 is 5.91 Å². The fourth-order valence-electron chi connectivity index (χ4n) is 2.70. The van der Waals surface area contributed by atoms with Gasteiger partial charge in [0.15, 0.2) is 0 Å². The summed E-state index contributed by atoms with van der Waals surface area (Å²) in [5, 5.41) is 3.30. The second-order valence-corrected chi connectivity index (χ2v) is 5.76. The number of carbonyl (C=O) groups is 1. The summed E-state index contributed by atoms with van der Waals surface area (Å²) in [6.45, 7) is 8.04. The van der Waals surface area contributed by atoms with Gasteiger partial charge in [0.1, 0.15) is 6.04 Å². The predicted octanol–water partition coefficient (Wildman–Crippen LogP) is 2.02. The van der Waals surface area contributed by atoms with Crippen molar-refractivity contribution in [3.63, 3.8) is 0 Å². The molecule has 116 valence electrons. The van der Waals surface area contributed by atoms with Gasteiger partial charge in [-0.2, -0.15) is 0 Å². The molecule has 1 fully saturated rings. The number of benzene rings is 1. The van der Waals surface area contributed by atoms with Gasteiger partial charge in [-0.05, 0) is 43.0 Å². The number of primary amides is 1. The summed E-state index contributed by atoms with van der Waals surface area (Å²) in [7, 11) is 0. The second-order valence-electron chi connectivity index (χ2n) is 5.76. The molecule has 3 N–H and O–H groups in total. The van der Waals surface area contributed by atoms with E-state index in [4.69, 9.17) is 5.73 Å². The highest BCUT2D eigenvalue weighted by atomic mass is 16.1. The standard InChI is InChI=1S/C17H27N3O/c1-3-20(4-2)11-10-19-16(17(18)21)15-7-5-6-14(12-15)13-8-9-13/h5-7,12-13,16,19H,3-4,8-11H2,1-2H3,(H2,18,21). The van der Waals surface area contributed by atoms with Crippen LogP contribution in [0.1, 0.15) is 49.8 Å². The third kappa shape index (κ3) is 4.55. The van der Waals surface area contributed by atoms with Crippen molar-refractivity contribution in [3.05, 3.63) is 35.4 Å². The van der Waals surface area contributed by atoms with Gasteiger partial charge < -0.3 is 16.0 Å². The maximum atomic E-state index is 11.8. The minimum Gasteiger partial charge on any atom is -0.368 e.